The molecule has 0 heterocycles. The number of carbonyl (C=O) groups excluding carboxylic acids is 1. The molecule has 3 nitrogen and oxygen atoms in total. The van der Waals surface area contributed by atoms with Crippen LogP contribution in [0.15, 0.2) is 36.4 Å². The van der Waals surface area contributed by atoms with Gasteiger partial charge in [-0.15, -0.1) is 0 Å². The molecule has 0 aliphatic rings. The number of methoxy groups -OCH3 is 1. The SMILES string of the molecule is COc1cc(NC(=O)c2ccc(F)c(C)c2)ccc1C(C)C. The molecular weight excluding hydrogens is 281 g/mol. The summed E-state index contributed by atoms with van der Waals surface area (Å²) in [6, 6.07) is 9.87. The average molecular weight is 301 g/mol. The van der Waals surface area contributed by atoms with Crippen molar-refractivity contribution in [3.05, 3.63) is 58.9 Å². The average Bonchev–Trinajstić information content (AvgIpc) is 2.49. The van der Waals surface area contributed by atoms with Crippen LogP contribution in [0.25, 0.3) is 0 Å². The third-order valence-corrected chi connectivity index (χ3v) is 3.53. The lowest BCUT2D eigenvalue weighted by atomic mass is 10.0. The second kappa shape index (κ2) is 6.60. The number of amides is 1. The van der Waals surface area contributed by atoms with Gasteiger partial charge in [0, 0.05) is 17.3 Å². The molecule has 1 N–H and O–H groups in total. The van der Waals surface area contributed by atoms with Crippen LogP contribution in [0.5, 0.6) is 5.75 Å². The largest absolute Gasteiger partial charge is 0.496 e. The van der Waals surface area contributed by atoms with Crippen molar-refractivity contribution in [2.24, 2.45) is 0 Å². The van der Waals surface area contributed by atoms with Crippen LogP contribution < -0.4 is 10.1 Å². The Bertz CT molecular complexity index is 695. The number of nitrogens with one attached hydrogen (secondary N) is 1. The molecule has 2 aromatic rings. The molecule has 0 unspecified atom stereocenters. The minimum atomic E-state index is -0.320. The summed E-state index contributed by atoms with van der Waals surface area (Å²) >= 11 is 0. The van der Waals surface area contributed by atoms with Crippen molar-refractivity contribution in [1.29, 1.82) is 0 Å². The van der Waals surface area contributed by atoms with Crippen molar-refractivity contribution >= 4 is 11.6 Å². The molecule has 0 bridgehead atoms. The Kier molecular flexibility index (Phi) is 4.81. The number of aryl methyl sites for hydroxylation is 1. The van der Waals surface area contributed by atoms with Gasteiger partial charge in [0.05, 0.1) is 7.11 Å². The van der Waals surface area contributed by atoms with E-state index in [1.165, 1.54) is 18.2 Å². The second-order valence-corrected chi connectivity index (χ2v) is 5.53. The van der Waals surface area contributed by atoms with Crippen molar-refractivity contribution in [2.75, 3.05) is 12.4 Å². The maximum atomic E-state index is 13.3. The van der Waals surface area contributed by atoms with E-state index in [-0.39, 0.29) is 11.7 Å². The molecule has 116 valence electrons. The standard InChI is InChI=1S/C18H20FNO2/c1-11(2)15-7-6-14(10-17(15)22-4)20-18(21)13-5-8-16(19)12(3)9-13/h5-11H,1-4H3,(H,20,21). The van der Waals surface area contributed by atoms with Gasteiger partial charge in [-0.2, -0.15) is 0 Å². The van der Waals surface area contributed by atoms with E-state index in [2.05, 4.69) is 19.2 Å². The summed E-state index contributed by atoms with van der Waals surface area (Å²) in [6.07, 6.45) is 0. The molecule has 1 amide bonds. The van der Waals surface area contributed by atoms with Crippen LogP contribution in [0.4, 0.5) is 10.1 Å². The van der Waals surface area contributed by atoms with Gasteiger partial charge in [-0.25, -0.2) is 4.39 Å². The Morgan fingerprint density at radius 2 is 1.91 bits per heavy atom. The highest BCUT2D eigenvalue weighted by molar-refractivity contribution is 6.04. The Labute approximate surface area is 130 Å². The fourth-order valence-corrected chi connectivity index (χ4v) is 2.26. The number of hydrogen-bond acceptors (Lipinski definition) is 2. The predicted octanol–water partition coefficient (Wildman–Crippen LogP) is 4.52. The van der Waals surface area contributed by atoms with Crippen LogP contribution in [0.1, 0.15) is 41.3 Å². The molecule has 0 aliphatic heterocycles. The van der Waals surface area contributed by atoms with E-state index in [1.807, 2.05) is 12.1 Å². The van der Waals surface area contributed by atoms with Gasteiger partial charge in [0.25, 0.3) is 5.91 Å². The lowest BCUT2D eigenvalue weighted by Crippen LogP contribution is -2.12. The minimum Gasteiger partial charge on any atom is -0.496 e. The quantitative estimate of drug-likeness (QED) is 0.901. The van der Waals surface area contributed by atoms with Crippen molar-refractivity contribution in [3.63, 3.8) is 0 Å². The van der Waals surface area contributed by atoms with E-state index in [0.29, 0.717) is 22.7 Å². The number of rotatable bonds is 4. The lowest BCUT2D eigenvalue weighted by molar-refractivity contribution is 0.102. The third-order valence-electron chi connectivity index (χ3n) is 3.53. The first kappa shape index (κ1) is 16.0. The topological polar surface area (TPSA) is 38.3 Å². The van der Waals surface area contributed by atoms with Gasteiger partial charge < -0.3 is 10.1 Å². The van der Waals surface area contributed by atoms with Crippen LogP contribution in [0, 0.1) is 12.7 Å². The molecule has 2 rings (SSSR count). The third kappa shape index (κ3) is 3.45. The Balaban J connectivity index is 2.23. The van der Waals surface area contributed by atoms with Crippen molar-refractivity contribution in [2.45, 2.75) is 26.7 Å². The van der Waals surface area contributed by atoms with E-state index in [4.69, 9.17) is 4.74 Å². The van der Waals surface area contributed by atoms with Crippen molar-refractivity contribution in [1.82, 2.24) is 0 Å². The number of carbonyl (C=O) groups is 1. The van der Waals surface area contributed by atoms with E-state index >= 15 is 0 Å². The summed E-state index contributed by atoms with van der Waals surface area (Å²) in [6.45, 7) is 5.79. The molecule has 4 heteroatoms. The normalized spacial score (nSPS) is 10.6. The Hall–Kier alpha value is -2.36. The minimum absolute atomic E-state index is 0.276. The van der Waals surface area contributed by atoms with E-state index < -0.39 is 0 Å². The number of ether oxygens (including phenoxy) is 1. The first-order valence-corrected chi connectivity index (χ1v) is 7.17. The molecule has 0 saturated heterocycles. The highest BCUT2D eigenvalue weighted by Crippen LogP contribution is 2.29. The van der Waals surface area contributed by atoms with Crippen LogP contribution in [-0.4, -0.2) is 13.0 Å². The molecule has 0 atom stereocenters. The highest BCUT2D eigenvalue weighted by Gasteiger charge is 2.11. The van der Waals surface area contributed by atoms with E-state index in [0.717, 1.165) is 11.3 Å². The summed E-state index contributed by atoms with van der Waals surface area (Å²) in [4.78, 5) is 12.2. The zero-order chi connectivity index (χ0) is 16.3. The Morgan fingerprint density at radius 1 is 1.18 bits per heavy atom. The first-order valence-electron chi connectivity index (χ1n) is 7.17. The fraction of sp³-hybridized carbons (Fsp3) is 0.278. The van der Waals surface area contributed by atoms with E-state index in [9.17, 15) is 9.18 Å². The van der Waals surface area contributed by atoms with Gasteiger partial charge in [0.15, 0.2) is 0 Å². The summed E-state index contributed by atoms with van der Waals surface area (Å²) < 4.78 is 18.6. The summed E-state index contributed by atoms with van der Waals surface area (Å²) in [7, 11) is 1.61. The van der Waals surface area contributed by atoms with Gasteiger partial charge in [0.1, 0.15) is 11.6 Å². The molecule has 0 radical (unpaired) electrons. The molecule has 2 aromatic carbocycles. The number of hydrogen-bond donors (Lipinski definition) is 1. The lowest BCUT2D eigenvalue weighted by Gasteiger charge is -2.14. The molecule has 0 aliphatic carbocycles. The number of benzene rings is 2. The van der Waals surface area contributed by atoms with E-state index in [1.54, 1.807) is 20.1 Å². The van der Waals surface area contributed by atoms with Crippen molar-refractivity contribution < 1.29 is 13.9 Å². The van der Waals surface area contributed by atoms with Gasteiger partial charge >= 0.3 is 0 Å². The predicted molar refractivity (Wildman–Crippen MR) is 86.2 cm³/mol. The van der Waals surface area contributed by atoms with Gasteiger partial charge in [-0.05, 0) is 48.2 Å². The maximum Gasteiger partial charge on any atom is 0.255 e. The monoisotopic (exact) mass is 301 g/mol. The van der Waals surface area contributed by atoms with Crippen LogP contribution in [0.2, 0.25) is 0 Å². The summed E-state index contributed by atoms with van der Waals surface area (Å²) in [5.41, 5.74) is 2.59. The molecule has 0 spiro atoms. The van der Waals surface area contributed by atoms with Crippen molar-refractivity contribution in [3.8, 4) is 5.75 Å². The smallest absolute Gasteiger partial charge is 0.255 e. The summed E-state index contributed by atoms with van der Waals surface area (Å²) in [5.74, 6) is 0.476. The van der Waals surface area contributed by atoms with Crippen LogP contribution >= 0.6 is 0 Å². The number of halogens is 1. The first-order chi connectivity index (χ1) is 10.4. The fourth-order valence-electron chi connectivity index (χ4n) is 2.26. The molecule has 0 aromatic heterocycles. The maximum absolute atomic E-state index is 13.3. The zero-order valence-electron chi connectivity index (χ0n) is 13.2. The molecule has 0 saturated carbocycles. The van der Waals surface area contributed by atoms with Gasteiger partial charge in [-0.3, -0.25) is 4.79 Å². The second-order valence-electron chi connectivity index (χ2n) is 5.53. The molecule has 0 fully saturated rings. The van der Waals surface area contributed by atoms with Crippen LogP contribution in [0.3, 0.4) is 0 Å². The number of anilines is 1. The van der Waals surface area contributed by atoms with Gasteiger partial charge in [0.2, 0.25) is 0 Å². The van der Waals surface area contributed by atoms with Crippen LogP contribution in [-0.2, 0) is 0 Å². The highest BCUT2D eigenvalue weighted by atomic mass is 19.1. The van der Waals surface area contributed by atoms with Gasteiger partial charge in [-0.1, -0.05) is 19.9 Å². The molecule has 22 heavy (non-hydrogen) atoms. The Morgan fingerprint density at radius 3 is 2.50 bits per heavy atom. The summed E-state index contributed by atoms with van der Waals surface area (Å²) in [5, 5.41) is 2.80. The molecular formula is C18H20FNO2. The zero-order valence-corrected chi connectivity index (χ0v) is 13.2.